The topological polar surface area (TPSA) is 118 Å². The maximum absolute atomic E-state index is 13.4. The van der Waals surface area contributed by atoms with E-state index in [1.807, 2.05) is 12.2 Å². The van der Waals surface area contributed by atoms with Crippen LogP contribution in [-0.4, -0.2) is 45.0 Å². The van der Waals surface area contributed by atoms with E-state index >= 15 is 0 Å². The van der Waals surface area contributed by atoms with Gasteiger partial charge in [0.2, 0.25) is 0 Å². The Hall–Kier alpha value is -3.85. The molecular weight excluding hydrogens is 462 g/mol. The monoisotopic (exact) mass is 479 g/mol. The van der Waals surface area contributed by atoms with Gasteiger partial charge in [0.15, 0.2) is 5.78 Å². The first kappa shape index (κ1) is 22.0. The number of fused-ring (bicyclic) bond motifs is 5. The first-order valence-corrected chi connectivity index (χ1v) is 11.0. The van der Waals surface area contributed by atoms with Gasteiger partial charge in [0.05, 0.1) is 16.8 Å². The molecule has 0 unspecified atom stereocenters. The largest absolute Gasteiger partial charge is 0.292 e. The Morgan fingerprint density at radius 3 is 2.21 bits per heavy atom. The summed E-state index contributed by atoms with van der Waals surface area (Å²) >= 11 is 5.92. The summed E-state index contributed by atoms with van der Waals surface area (Å²) in [6.07, 6.45) is 4.58. The van der Waals surface area contributed by atoms with E-state index < -0.39 is 46.8 Å². The lowest BCUT2D eigenvalue weighted by atomic mass is 9.85. The third kappa shape index (κ3) is 3.49. The minimum absolute atomic E-state index is 0.0101. The lowest BCUT2D eigenvalue weighted by Crippen LogP contribution is -2.52. The van der Waals surface area contributed by atoms with E-state index in [9.17, 15) is 29.3 Å². The normalized spacial score (nSPS) is 24.4. The van der Waals surface area contributed by atoms with E-state index in [0.717, 1.165) is 22.5 Å². The Morgan fingerprint density at radius 1 is 1.00 bits per heavy atom. The summed E-state index contributed by atoms with van der Waals surface area (Å²) < 4.78 is 0. The van der Waals surface area contributed by atoms with Crippen molar-refractivity contribution in [3.8, 4) is 0 Å². The molecule has 5 rings (SSSR count). The van der Waals surface area contributed by atoms with Gasteiger partial charge in [-0.3, -0.25) is 29.3 Å². The molecule has 2 fully saturated rings. The number of non-ortho nitro benzene ring substituents is 1. The van der Waals surface area contributed by atoms with Crippen LogP contribution in [0.5, 0.6) is 0 Å². The van der Waals surface area contributed by atoms with E-state index in [1.165, 1.54) is 42.5 Å². The minimum Gasteiger partial charge on any atom is -0.292 e. The number of hydrogen-bond acceptors (Lipinski definition) is 6. The maximum atomic E-state index is 13.4. The van der Waals surface area contributed by atoms with Crippen LogP contribution >= 0.6 is 11.6 Å². The van der Waals surface area contributed by atoms with Gasteiger partial charge in [-0.1, -0.05) is 35.9 Å². The third-order valence-corrected chi connectivity index (χ3v) is 6.94. The Bertz CT molecular complexity index is 1240. The second-order valence-electron chi connectivity index (χ2n) is 8.59. The Morgan fingerprint density at radius 2 is 1.62 bits per heavy atom. The van der Waals surface area contributed by atoms with Crippen molar-refractivity contribution in [2.75, 3.05) is 6.54 Å². The lowest BCUT2D eigenvalue weighted by Gasteiger charge is -2.30. The van der Waals surface area contributed by atoms with Gasteiger partial charge in [0.25, 0.3) is 23.4 Å². The number of amides is 3. The molecule has 34 heavy (non-hydrogen) atoms. The molecular formula is C24H18ClN3O6. The van der Waals surface area contributed by atoms with Crippen molar-refractivity contribution in [1.82, 2.24) is 10.0 Å². The molecule has 1 saturated heterocycles. The quantitative estimate of drug-likeness (QED) is 0.206. The number of allylic oxidation sites excluding steroid dienone is 2. The standard InChI is InChI=1S/C24H18ClN3O6/c25-17-8-6-13(7-9-17)22(30)26(12-19(29)14-2-1-3-18(11-14)28(33)34)27-23(31)20-15-4-5-16(10-15)21(20)24(27)32/h1-9,11,15-16,20-21H,10,12H2/t15-,16-,20-,21+/m0/s1. The van der Waals surface area contributed by atoms with Gasteiger partial charge in [-0.05, 0) is 42.5 Å². The number of nitro benzene ring substituents is 1. The zero-order chi connectivity index (χ0) is 24.1. The lowest BCUT2D eigenvalue weighted by molar-refractivity contribution is -0.384. The summed E-state index contributed by atoms with van der Waals surface area (Å²) in [5.74, 6) is -3.66. The molecule has 4 atom stereocenters. The summed E-state index contributed by atoms with van der Waals surface area (Å²) in [7, 11) is 0. The molecule has 10 heteroatoms. The fraction of sp³-hybridized carbons (Fsp3) is 0.250. The molecule has 2 aromatic rings. The number of rotatable bonds is 6. The molecule has 0 radical (unpaired) electrons. The summed E-state index contributed by atoms with van der Waals surface area (Å²) in [6, 6.07) is 10.9. The number of benzene rings is 2. The van der Waals surface area contributed by atoms with E-state index in [1.54, 1.807) is 0 Å². The zero-order valence-corrected chi connectivity index (χ0v) is 18.4. The second kappa shape index (κ2) is 8.18. The SMILES string of the molecule is O=C(CN(C(=O)c1ccc(Cl)cc1)N1C(=O)[C@@H]2[C@H](C1=O)[C@H]1C=C[C@H]2C1)c1cccc([N+](=O)[O-])c1. The molecule has 0 spiro atoms. The van der Waals surface area contributed by atoms with E-state index in [-0.39, 0.29) is 28.7 Å². The van der Waals surface area contributed by atoms with Crippen LogP contribution in [0, 0.1) is 33.8 Å². The highest BCUT2D eigenvalue weighted by molar-refractivity contribution is 6.30. The molecule has 3 aliphatic rings. The van der Waals surface area contributed by atoms with Gasteiger partial charge in [-0.15, -0.1) is 0 Å². The van der Waals surface area contributed by atoms with Crippen molar-refractivity contribution >= 4 is 40.8 Å². The van der Waals surface area contributed by atoms with Gasteiger partial charge in [0, 0.05) is 28.3 Å². The maximum Gasteiger partial charge on any atom is 0.273 e. The van der Waals surface area contributed by atoms with Crippen LogP contribution in [0.15, 0.2) is 60.7 Å². The number of Topliss-reactive ketones (excluding diaryl/α,β-unsaturated/α-hetero) is 1. The Labute approximate surface area is 198 Å². The molecule has 1 saturated carbocycles. The molecule has 0 N–H and O–H groups in total. The van der Waals surface area contributed by atoms with Gasteiger partial charge in [0.1, 0.15) is 6.54 Å². The molecule has 1 aliphatic heterocycles. The first-order chi connectivity index (χ1) is 16.3. The predicted molar refractivity (Wildman–Crippen MR) is 119 cm³/mol. The fourth-order valence-electron chi connectivity index (χ4n) is 5.12. The number of nitrogens with zero attached hydrogens (tertiary/aromatic N) is 3. The summed E-state index contributed by atoms with van der Waals surface area (Å²) in [5, 5.41) is 13.2. The van der Waals surface area contributed by atoms with E-state index in [2.05, 4.69) is 0 Å². The molecule has 3 amide bonds. The fourth-order valence-corrected chi connectivity index (χ4v) is 5.25. The number of carbonyl (C=O) groups excluding carboxylic acids is 4. The molecule has 1 heterocycles. The van der Waals surface area contributed by atoms with Gasteiger partial charge >= 0.3 is 0 Å². The summed E-state index contributed by atoms with van der Waals surface area (Å²) in [5.41, 5.74) is -0.161. The van der Waals surface area contributed by atoms with Crippen LogP contribution < -0.4 is 0 Å². The van der Waals surface area contributed by atoms with Crippen molar-refractivity contribution in [2.24, 2.45) is 23.7 Å². The number of imide groups is 1. The Kier molecular flexibility index (Phi) is 5.28. The van der Waals surface area contributed by atoms with Crippen molar-refractivity contribution in [3.63, 3.8) is 0 Å². The number of halogens is 1. The van der Waals surface area contributed by atoms with Crippen molar-refractivity contribution in [2.45, 2.75) is 6.42 Å². The second-order valence-corrected chi connectivity index (χ2v) is 9.02. The zero-order valence-electron chi connectivity index (χ0n) is 17.7. The molecule has 2 bridgehead atoms. The molecule has 2 aromatic carbocycles. The van der Waals surface area contributed by atoms with Crippen LogP contribution in [0.2, 0.25) is 5.02 Å². The molecule has 172 valence electrons. The Balaban J connectivity index is 1.50. The van der Waals surface area contributed by atoms with Crippen LogP contribution in [0.25, 0.3) is 0 Å². The van der Waals surface area contributed by atoms with Crippen LogP contribution in [0.3, 0.4) is 0 Å². The smallest absolute Gasteiger partial charge is 0.273 e. The highest BCUT2D eigenvalue weighted by Crippen LogP contribution is 2.52. The summed E-state index contributed by atoms with van der Waals surface area (Å²) in [6.45, 7) is -0.637. The van der Waals surface area contributed by atoms with E-state index in [4.69, 9.17) is 11.6 Å². The highest BCUT2D eigenvalue weighted by atomic mass is 35.5. The number of hydrogen-bond donors (Lipinski definition) is 0. The minimum atomic E-state index is -0.725. The number of carbonyl (C=O) groups is 4. The van der Waals surface area contributed by atoms with Gasteiger partial charge < -0.3 is 0 Å². The highest BCUT2D eigenvalue weighted by Gasteiger charge is 2.61. The van der Waals surface area contributed by atoms with Crippen LogP contribution in [0.1, 0.15) is 27.1 Å². The van der Waals surface area contributed by atoms with Crippen molar-refractivity contribution < 1.29 is 24.1 Å². The van der Waals surface area contributed by atoms with E-state index in [0.29, 0.717) is 5.02 Å². The van der Waals surface area contributed by atoms with Gasteiger partial charge in [-0.25, -0.2) is 5.01 Å². The van der Waals surface area contributed by atoms with Crippen LogP contribution in [0.4, 0.5) is 5.69 Å². The van der Waals surface area contributed by atoms with Crippen molar-refractivity contribution in [3.05, 3.63) is 86.9 Å². The molecule has 9 nitrogen and oxygen atoms in total. The number of nitro groups is 1. The third-order valence-electron chi connectivity index (χ3n) is 6.69. The molecule has 2 aliphatic carbocycles. The molecule has 0 aromatic heterocycles. The van der Waals surface area contributed by atoms with Crippen LogP contribution in [-0.2, 0) is 9.59 Å². The van der Waals surface area contributed by atoms with Gasteiger partial charge in [-0.2, -0.15) is 5.01 Å². The predicted octanol–water partition coefficient (Wildman–Crippen LogP) is 3.30. The average Bonchev–Trinajstić information content (AvgIpc) is 3.51. The summed E-state index contributed by atoms with van der Waals surface area (Å²) in [4.78, 5) is 63.7. The first-order valence-electron chi connectivity index (χ1n) is 10.7. The number of ketones is 1. The average molecular weight is 480 g/mol. The van der Waals surface area contributed by atoms with Crippen molar-refractivity contribution in [1.29, 1.82) is 0 Å². The number of hydrazine groups is 1.